The van der Waals surface area contributed by atoms with Gasteiger partial charge in [0, 0.05) is 16.2 Å². The number of carbonyl (C=O) groups excluding carboxylic acids is 1. The summed E-state index contributed by atoms with van der Waals surface area (Å²) >= 11 is 3.36. The van der Waals surface area contributed by atoms with Crippen molar-refractivity contribution >= 4 is 33.6 Å². The molecule has 2 aromatic carbocycles. The summed E-state index contributed by atoms with van der Waals surface area (Å²) in [5.41, 5.74) is 1.62. The van der Waals surface area contributed by atoms with E-state index >= 15 is 0 Å². The molecule has 0 saturated heterocycles. The van der Waals surface area contributed by atoms with Gasteiger partial charge in [-0.15, -0.1) is 0 Å². The summed E-state index contributed by atoms with van der Waals surface area (Å²) in [4.78, 5) is 11.9. The Balaban J connectivity index is 1.67. The number of carbonyl (C=O) groups is 1. The Morgan fingerprint density at radius 3 is 2.86 bits per heavy atom. The first kappa shape index (κ1) is 13.7. The minimum atomic E-state index is -0.189. The first-order valence-electron chi connectivity index (χ1n) is 6.35. The molecule has 0 fully saturated rings. The van der Waals surface area contributed by atoms with Crippen LogP contribution < -0.4 is 14.8 Å². The molecule has 3 rings (SSSR count). The minimum absolute atomic E-state index is 0.189. The highest BCUT2D eigenvalue weighted by atomic mass is 79.9. The van der Waals surface area contributed by atoms with Crippen molar-refractivity contribution in [2.45, 2.75) is 0 Å². The number of hydrogen-bond donors (Lipinski definition) is 1. The van der Waals surface area contributed by atoms with Crippen molar-refractivity contribution in [3.63, 3.8) is 0 Å². The van der Waals surface area contributed by atoms with Crippen molar-refractivity contribution in [1.29, 1.82) is 0 Å². The average molecular weight is 346 g/mol. The van der Waals surface area contributed by atoms with Gasteiger partial charge in [-0.25, -0.2) is 0 Å². The molecule has 0 unspecified atom stereocenters. The largest absolute Gasteiger partial charge is 0.454 e. The number of amides is 1. The third kappa shape index (κ3) is 3.44. The highest BCUT2D eigenvalue weighted by Gasteiger charge is 2.12. The van der Waals surface area contributed by atoms with Gasteiger partial charge in [-0.2, -0.15) is 0 Å². The lowest BCUT2D eigenvalue weighted by molar-refractivity contribution is -0.111. The second-order valence-corrected chi connectivity index (χ2v) is 5.36. The molecule has 5 heteroatoms. The third-order valence-corrected chi connectivity index (χ3v) is 3.41. The number of nitrogens with one attached hydrogen (secondary N) is 1. The Kier molecular flexibility index (Phi) is 3.92. The second kappa shape index (κ2) is 6.01. The van der Waals surface area contributed by atoms with E-state index < -0.39 is 0 Å². The van der Waals surface area contributed by atoms with Gasteiger partial charge >= 0.3 is 0 Å². The van der Waals surface area contributed by atoms with Crippen LogP contribution in [-0.2, 0) is 4.79 Å². The Hall–Kier alpha value is -2.27. The second-order valence-electron chi connectivity index (χ2n) is 4.45. The summed E-state index contributed by atoms with van der Waals surface area (Å²) in [7, 11) is 0. The zero-order chi connectivity index (χ0) is 14.7. The number of benzene rings is 2. The van der Waals surface area contributed by atoms with Crippen molar-refractivity contribution in [1.82, 2.24) is 0 Å². The molecule has 21 heavy (non-hydrogen) atoms. The summed E-state index contributed by atoms with van der Waals surface area (Å²) in [6.45, 7) is 0.242. The normalized spacial score (nSPS) is 12.6. The first-order chi connectivity index (χ1) is 10.2. The highest BCUT2D eigenvalue weighted by Crippen LogP contribution is 2.32. The number of hydrogen-bond acceptors (Lipinski definition) is 3. The monoisotopic (exact) mass is 345 g/mol. The molecule has 1 aliphatic rings. The number of rotatable bonds is 3. The summed E-state index contributed by atoms with van der Waals surface area (Å²) in [5.74, 6) is 1.24. The Bertz CT molecular complexity index is 712. The maximum Gasteiger partial charge on any atom is 0.248 e. The van der Waals surface area contributed by atoms with E-state index in [4.69, 9.17) is 9.47 Å². The van der Waals surface area contributed by atoms with Gasteiger partial charge < -0.3 is 14.8 Å². The standard InChI is InChI=1S/C16H12BrNO3/c17-12-2-1-3-13(9-12)18-16(19)7-5-11-4-6-14-15(8-11)21-10-20-14/h1-9H,10H2,(H,18,19). The van der Waals surface area contributed by atoms with Crippen LogP contribution in [0.15, 0.2) is 53.0 Å². The van der Waals surface area contributed by atoms with Crippen LogP contribution in [0.2, 0.25) is 0 Å². The Morgan fingerprint density at radius 2 is 2.00 bits per heavy atom. The lowest BCUT2D eigenvalue weighted by Crippen LogP contribution is -2.07. The van der Waals surface area contributed by atoms with E-state index in [9.17, 15) is 4.79 Å². The molecular formula is C16H12BrNO3. The topological polar surface area (TPSA) is 47.6 Å². The van der Waals surface area contributed by atoms with Gasteiger partial charge in [-0.1, -0.05) is 28.1 Å². The molecule has 0 aromatic heterocycles. The van der Waals surface area contributed by atoms with Gasteiger partial charge in [0.05, 0.1) is 0 Å². The number of halogens is 1. The maximum atomic E-state index is 11.9. The van der Waals surface area contributed by atoms with Gasteiger partial charge in [-0.05, 0) is 42.0 Å². The Labute approximate surface area is 130 Å². The van der Waals surface area contributed by atoms with Crippen LogP contribution in [0, 0.1) is 0 Å². The zero-order valence-electron chi connectivity index (χ0n) is 11.0. The molecule has 2 aromatic rings. The number of ether oxygens (including phenoxy) is 2. The van der Waals surface area contributed by atoms with Gasteiger partial charge in [0.2, 0.25) is 12.7 Å². The molecule has 0 saturated carbocycles. The molecule has 0 atom stereocenters. The van der Waals surface area contributed by atoms with Gasteiger partial charge in [0.25, 0.3) is 0 Å². The van der Waals surface area contributed by atoms with Gasteiger partial charge in [0.15, 0.2) is 11.5 Å². The summed E-state index contributed by atoms with van der Waals surface area (Å²) in [6.07, 6.45) is 3.22. The van der Waals surface area contributed by atoms with E-state index in [1.165, 1.54) is 6.08 Å². The molecule has 1 aliphatic heterocycles. The third-order valence-electron chi connectivity index (χ3n) is 2.92. The lowest BCUT2D eigenvalue weighted by Gasteiger charge is -2.02. The van der Waals surface area contributed by atoms with E-state index in [0.29, 0.717) is 5.75 Å². The van der Waals surface area contributed by atoms with Crippen molar-refractivity contribution in [3.05, 3.63) is 58.6 Å². The molecule has 0 bridgehead atoms. The maximum absolute atomic E-state index is 11.9. The average Bonchev–Trinajstić information content (AvgIpc) is 2.92. The van der Waals surface area contributed by atoms with E-state index in [2.05, 4.69) is 21.2 Å². The molecule has 1 amide bonds. The van der Waals surface area contributed by atoms with Crippen molar-refractivity contribution in [3.8, 4) is 11.5 Å². The summed E-state index contributed by atoms with van der Waals surface area (Å²) in [5, 5.41) is 2.79. The van der Waals surface area contributed by atoms with Crippen molar-refractivity contribution in [2.75, 3.05) is 12.1 Å². The van der Waals surface area contributed by atoms with Crippen molar-refractivity contribution in [2.24, 2.45) is 0 Å². The minimum Gasteiger partial charge on any atom is -0.454 e. The first-order valence-corrected chi connectivity index (χ1v) is 7.14. The Morgan fingerprint density at radius 1 is 1.14 bits per heavy atom. The highest BCUT2D eigenvalue weighted by molar-refractivity contribution is 9.10. The van der Waals surface area contributed by atoms with E-state index in [-0.39, 0.29) is 12.7 Å². The van der Waals surface area contributed by atoms with Crippen LogP contribution in [0.4, 0.5) is 5.69 Å². The molecule has 0 aliphatic carbocycles. The predicted molar refractivity (Wildman–Crippen MR) is 84.4 cm³/mol. The van der Waals surface area contributed by atoms with Crippen LogP contribution in [0.5, 0.6) is 11.5 Å². The smallest absolute Gasteiger partial charge is 0.248 e. The number of fused-ring (bicyclic) bond motifs is 1. The van der Waals surface area contributed by atoms with Gasteiger partial charge in [-0.3, -0.25) is 4.79 Å². The lowest BCUT2D eigenvalue weighted by atomic mass is 10.2. The van der Waals surface area contributed by atoms with E-state index in [1.807, 2.05) is 42.5 Å². The van der Waals surface area contributed by atoms with E-state index in [0.717, 1.165) is 21.5 Å². The zero-order valence-corrected chi connectivity index (χ0v) is 12.6. The molecule has 1 N–H and O–H groups in total. The molecule has 0 spiro atoms. The molecule has 106 valence electrons. The van der Waals surface area contributed by atoms with Crippen LogP contribution in [0.1, 0.15) is 5.56 Å². The fourth-order valence-corrected chi connectivity index (χ4v) is 2.34. The van der Waals surface area contributed by atoms with Crippen LogP contribution in [-0.4, -0.2) is 12.7 Å². The molecular weight excluding hydrogens is 334 g/mol. The molecule has 1 heterocycles. The number of anilines is 1. The summed E-state index contributed by atoms with van der Waals surface area (Å²) < 4.78 is 11.4. The van der Waals surface area contributed by atoms with Crippen LogP contribution >= 0.6 is 15.9 Å². The van der Waals surface area contributed by atoms with Gasteiger partial charge in [0.1, 0.15) is 0 Å². The fourth-order valence-electron chi connectivity index (χ4n) is 1.94. The van der Waals surface area contributed by atoms with E-state index in [1.54, 1.807) is 6.08 Å². The summed E-state index contributed by atoms with van der Waals surface area (Å²) in [6, 6.07) is 13.0. The van der Waals surface area contributed by atoms with Crippen LogP contribution in [0.25, 0.3) is 6.08 Å². The SMILES string of the molecule is O=C(C=Cc1ccc2c(c1)OCO2)Nc1cccc(Br)c1. The molecule has 4 nitrogen and oxygen atoms in total. The molecule has 0 radical (unpaired) electrons. The quantitative estimate of drug-likeness (QED) is 0.860. The predicted octanol–water partition coefficient (Wildman–Crippen LogP) is 3.83. The van der Waals surface area contributed by atoms with Crippen LogP contribution in [0.3, 0.4) is 0 Å². The van der Waals surface area contributed by atoms with Crippen molar-refractivity contribution < 1.29 is 14.3 Å². The fraction of sp³-hybridized carbons (Fsp3) is 0.0625.